The zero-order chi connectivity index (χ0) is 11.1. The molecule has 1 rings (SSSR count). The van der Waals surface area contributed by atoms with E-state index < -0.39 is 0 Å². The van der Waals surface area contributed by atoms with E-state index in [2.05, 4.69) is 34.1 Å². The van der Waals surface area contributed by atoms with Crippen molar-refractivity contribution in [3.05, 3.63) is 10.6 Å². The predicted octanol–water partition coefficient (Wildman–Crippen LogP) is 1.36. The number of nitrogens with zero attached hydrogens (tertiary/aromatic N) is 2. The third-order valence-corrected chi connectivity index (χ3v) is 2.94. The molecule has 0 atom stereocenters. The molecule has 4 nitrogen and oxygen atoms in total. The highest BCUT2D eigenvalue weighted by Gasteiger charge is 2.10. The summed E-state index contributed by atoms with van der Waals surface area (Å²) in [6.45, 7) is 7.30. The van der Waals surface area contributed by atoms with E-state index in [1.54, 1.807) is 0 Å². The first-order valence-electron chi connectivity index (χ1n) is 5.42. The summed E-state index contributed by atoms with van der Waals surface area (Å²) >= 11 is 1.50. The minimum atomic E-state index is 0.470. The third kappa shape index (κ3) is 4.24. The molecule has 15 heavy (non-hydrogen) atoms. The van der Waals surface area contributed by atoms with Crippen molar-refractivity contribution in [2.24, 2.45) is 0 Å². The molecule has 0 unspecified atom stereocenters. The maximum absolute atomic E-state index is 4.15. The highest BCUT2D eigenvalue weighted by molar-refractivity contribution is 7.05. The van der Waals surface area contributed by atoms with Gasteiger partial charge in [0.05, 0.1) is 10.6 Å². The second-order valence-corrected chi connectivity index (χ2v) is 4.71. The van der Waals surface area contributed by atoms with Gasteiger partial charge in [-0.15, -0.1) is 5.10 Å². The molecule has 0 radical (unpaired) electrons. The fraction of sp³-hybridized carbons (Fsp3) is 0.800. The lowest BCUT2D eigenvalue weighted by molar-refractivity contribution is 0.623. The van der Waals surface area contributed by atoms with Gasteiger partial charge < -0.3 is 10.6 Å². The Balaban J connectivity index is 2.28. The number of rotatable bonds is 7. The predicted molar refractivity (Wildman–Crippen MR) is 64.2 cm³/mol. The second-order valence-electron chi connectivity index (χ2n) is 3.87. The van der Waals surface area contributed by atoms with Gasteiger partial charge in [0.15, 0.2) is 0 Å². The zero-order valence-corrected chi connectivity index (χ0v) is 10.5. The largest absolute Gasteiger partial charge is 0.320 e. The molecule has 5 heteroatoms. The van der Waals surface area contributed by atoms with Gasteiger partial charge in [-0.2, -0.15) is 0 Å². The third-order valence-electron chi connectivity index (χ3n) is 2.20. The topological polar surface area (TPSA) is 49.8 Å². The van der Waals surface area contributed by atoms with E-state index >= 15 is 0 Å². The Kier molecular flexibility index (Phi) is 5.75. The van der Waals surface area contributed by atoms with Crippen LogP contribution in [0, 0.1) is 0 Å². The van der Waals surface area contributed by atoms with Gasteiger partial charge in [-0.3, -0.25) is 0 Å². The van der Waals surface area contributed by atoms with Crippen LogP contribution in [0.2, 0.25) is 0 Å². The van der Waals surface area contributed by atoms with Gasteiger partial charge in [-0.05, 0) is 44.0 Å². The SMILES string of the molecule is CNCCCNCc1snnc1C(C)C. The van der Waals surface area contributed by atoms with E-state index in [0.717, 1.165) is 31.7 Å². The van der Waals surface area contributed by atoms with Crippen LogP contribution in [0.1, 0.15) is 36.8 Å². The number of nitrogens with one attached hydrogen (secondary N) is 2. The molecule has 0 aliphatic rings. The normalized spacial score (nSPS) is 11.2. The van der Waals surface area contributed by atoms with Gasteiger partial charge in [-0.1, -0.05) is 18.3 Å². The summed E-state index contributed by atoms with van der Waals surface area (Å²) in [6.07, 6.45) is 1.15. The summed E-state index contributed by atoms with van der Waals surface area (Å²) in [6, 6.07) is 0. The summed E-state index contributed by atoms with van der Waals surface area (Å²) in [4.78, 5) is 1.27. The van der Waals surface area contributed by atoms with Crippen LogP contribution >= 0.6 is 11.5 Å². The van der Waals surface area contributed by atoms with Crippen molar-refractivity contribution in [1.29, 1.82) is 0 Å². The van der Waals surface area contributed by atoms with Crippen molar-refractivity contribution in [2.75, 3.05) is 20.1 Å². The molecule has 0 fully saturated rings. The van der Waals surface area contributed by atoms with Crippen LogP contribution in [0.5, 0.6) is 0 Å². The standard InChI is InChI=1S/C10H20N4S/c1-8(2)10-9(15-14-13-10)7-12-6-4-5-11-3/h8,11-12H,4-7H2,1-3H3. The zero-order valence-electron chi connectivity index (χ0n) is 9.71. The molecular weight excluding hydrogens is 208 g/mol. The molecule has 1 aromatic heterocycles. The number of aromatic nitrogens is 2. The molecule has 0 spiro atoms. The van der Waals surface area contributed by atoms with Gasteiger partial charge in [0.2, 0.25) is 0 Å². The van der Waals surface area contributed by atoms with Crippen LogP contribution in [-0.2, 0) is 6.54 Å². The molecule has 0 saturated heterocycles. The van der Waals surface area contributed by atoms with E-state index in [9.17, 15) is 0 Å². The molecule has 0 amide bonds. The fourth-order valence-corrected chi connectivity index (χ4v) is 2.13. The monoisotopic (exact) mass is 228 g/mol. The number of hydrogen-bond donors (Lipinski definition) is 2. The van der Waals surface area contributed by atoms with Gasteiger partial charge in [-0.25, -0.2) is 0 Å². The van der Waals surface area contributed by atoms with E-state index in [4.69, 9.17) is 0 Å². The average molecular weight is 228 g/mol. The fourth-order valence-electron chi connectivity index (χ4n) is 1.37. The Hall–Kier alpha value is -0.520. The first-order chi connectivity index (χ1) is 7.25. The lowest BCUT2D eigenvalue weighted by atomic mass is 10.1. The maximum atomic E-state index is 4.15. The van der Waals surface area contributed by atoms with E-state index in [0.29, 0.717) is 5.92 Å². The van der Waals surface area contributed by atoms with Crippen molar-refractivity contribution in [1.82, 2.24) is 20.2 Å². The highest BCUT2D eigenvalue weighted by Crippen LogP contribution is 2.19. The maximum Gasteiger partial charge on any atom is 0.0826 e. The Morgan fingerprint density at radius 1 is 1.33 bits per heavy atom. The molecule has 2 N–H and O–H groups in total. The summed E-state index contributed by atoms with van der Waals surface area (Å²) in [5.41, 5.74) is 1.14. The molecular formula is C10H20N4S. The molecule has 0 aromatic carbocycles. The molecule has 0 bridgehead atoms. The Labute approximate surface area is 95.6 Å². The second kappa shape index (κ2) is 6.87. The van der Waals surface area contributed by atoms with Crippen molar-refractivity contribution < 1.29 is 0 Å². The summed E-state index contributed by atoms with van der Waals surface area (Å²) < 4.78 is 4.00. The van der Waals surface area contributed by atoms with Crippen molar-refractivity contribution >= 4 is 11.5 Å². The van der Waals surface area contributed by atoms with Crippen LogP contribution < -0.4 is 10.6 Å². The minimum absolute atomic E-state index is 0.470. The molecule has 0 aliphatic heterocycles. The molecule has 1 aromatic rings. The minimum Gasteiger partial charge on any atom is -0.320 e. The van der Waals surface area contributed by atoms with Crippen LogP contribution in [0.3, 0.4) is 0 Å². The molecule has 86 valence electrons. The van der Waals surface area contributed by atoms with E-state index in [-0.39, 0.29) is 0 Å². The van der Waals surface area contributed by atoms with Crippen LogP contribution in [0.25, 0.3) is 0 Å². The van der Waals surface area contributed by atoms with Crippen molar-refractivity contribution in [3.63, 3.8) is 0 Å². The summed E-state index contributed by atoms with van der Waals surface area (Å²) in [5, 5.41) is 10.7. The van der Waals surface area contributed by atoms with Gasteiger partial charge in [0, 0.05) is 6.54 Å². The summed E-state index contributed by atoms with van der Waals surface area (Å²) in [5.74, 6) is 0.470. The van der Waals surface area contributed by atoms with Crippen LogP contribution in [0.15, 0.2) is 0 Å². The Bertz CT molecular complexity index is 272. The van der Waals surface area contributed by atoms with Crippen molar-refractivity contribution in [2.45, 2.75) is 32.7 Å². The van der Waals surface area contributed by atoms with Gasteiger partial charge in [0.25, 0.3) is 0 Å². The lowest BCUT2D eigenvalue weighted by Gasteiger charge is -2.05. The Morgan fingerprint density at radius 3 is 2.80 bits per heavy atom. The first-order valence-corrected chi connectivity index (χ1v) is 6.19. The van der Waals surface area contributed by atoms with Gasteiger partial charge >= 0.3 is 0 Å². The van der Waals surface area contributed by atoms with Gasteiger partial charge in [0.1, 0.15) is 0 Å². The van der Waals surface area contributed by atoms with E-state index in [1.807, 2.05) is 7.05 Å². The first kappa shape index (κ1) is 12.5. The molecule has 0 saturated carbocycles. The van der Waals surface area contributed by atoms with Crippen LogP contribution in [0.4, 0.5) is 0 Å². The lowest BCUT2D eigenvalue weighted by Crippen LogP contribution is -2.19. The molecule has 1 heterocycles. The van der Waals surface area contributed by atoms with Crippen LogP contribution in [-0.4, -0.2) is 29.7 Å². The smallest absolute Gasteiger partial charge is 0.0826 e. The highest BCUT2D eigenvalue weighted by atomic mass is 32.1. The summed E-state index contributed by atoms with van der Waals surface area (Å²) in [7, 11) is 1.98. The average Bonchev–Trinajstić information content (AvgIpc) is 2.66. The Morgan fingerprint density at radius 2 is 2.13 bits per heavy atom. The quantitative estimate of drug-likeness (QED) is 0.692. The van der Waals surface area contributed by atoms with E-state index in [1.165, 1.54) is 16.4 Å². The van der Waals surface area contributed by atoms with Crippen molar-refractivity contribution in [3.8, 4) is 0 Å². The molecule has 0 aliphatic carbocycles. The number of hydrogen-bond acceptors (Lipinski definition) is 5.